The molecule has 0 radical (unpaired) electrons. The van der Waals surface area contributed by atoms with Gasteiger partial charge in [-0.3, -0.25) is 0 Å². The minimum Gasteiger partial charge on any atom is -0.493 e. The molecule has 0 aliphatic heterocycles. The number of rotatable bonds is 6. The number of aromatic nitrogens is 2. The molecule has 0 saturated heterocycles. The molecule has 3 aromatic carbocycles. The Morgan fingerprint density at radius 1 is 0.966 bits per heavy atom. The second kappa shape index (κ2) is 8.06. The standard InChI is InChI=1S/C23H20N2O4/c1-27-21-13-16(9-11-20(21)29-14-15-6-4-3-5-7-15)22-24-18-10-8-17(23(26)28-2)12-19(18)25-22/h3-13H,14H2,1-2H3,(H,24,25). The molecule has 1 N–H and O–H groups in total. The van der Waals surface area contributed by atoms with E-state index in [1.807, 2.05) is 48.5 Å². The van der Waals surface area contributed by atoms with E-state index in [2.05, 4.69) is 9.97 Å². The zero-order valence-corrected chi connectivity index (χ0v) is 16.1. The molecule has 1 heterocycles. The number of ether oxygens (including phenoxy) is 3. The van der Waals surface area contributed by atoms with E-state index in [9.17, 15) is 4.79 Å². The van der Waals surface area contributed by atoms with Crippen molar-refractivity contribution in [1.29, 1.82) is 0 Å². The number of fused-ring (bicyclic) bond motifs is 1. The summed E-state index contributed by atoms with van der Waals surface area (Å²) in [5.74, 6) is 1.57. The molecule has 1 aromatic heterocycles. The molecular weight excluding hydrogens is 368 g/mol. The van der Waals surface area contributed by atoms with Crippen molar-refractivity contribution >= 4 is 17.0 Å². The fraction of sp³-hybridized carbons (Fsp3) is 0.130. The largest absolute Gasteiger partial charge is 0.493 e. The van der Waals surface area contributed by atoms with Crippen molar-refractivity contribution in [3.05, 3.63) is 77.9 Å². The number of hydrogen-bond donors (Lipinski definition) is 1. The van der Waals surface area contributed by atoms with Crippen LogP contribution in [0.15, 0.2) is 66.7 Å². The van der Waals surface area contributed by atoms with Gasteiger partial charge in [0.25, 0.3) is 0 Å². The first-order chi connectivity index (χ1) is 14.2. The number of nitrogens with zero attached hydrogens (tertiary/aromatic N) is 1. The molecule has 0 aliphatic rings. The minimum atomic E-state index is -0.385. The minimum absolute atomic E-state index is 0.385. The summed E-state index contributed by atoms with van der Waals surface area (Å²) in [6, 6.07) is 20.8. The summed E-state index contributed by atoms with van der Waals surface area (Å²) in [5, 5.41) is 0. The van der Waals surface area contributed by atoms with Crippen LogP contribution < -0.4 is 9.47 Å². The highest BCUT2D eigenvalue weighted by molar-refractivity contribution is 5.94. The van der Waals surface area contributed by atoms with Gasteiger partial charge in [0.1, 0.15) is 12.4 Å². The van der Waals surface area contributed by atoms with Gasteiger partial charge in [-0.05, 0) is 42.0 Å². The molecule has 0 saturated carbocycles. The van der Waals surface area contributed by atoms with Gasteiger partial charge < -0.3 is 19.2 Å². The van der Waals surface area contributed by atoms with Crippen molar-refractivity contribution in [2.45, 2.75) is 6.61 Å². The SMILES string of the molecule is COC(=O)c1ccc2nc(-c3ccc(OCc4ccccc4)c(OC)c3)[nH]c2c1. The highest BCUT2D eigenvalue weighted by atomic mass is 16.5. The monoisotopic (exact) mass is 388 g/mol. The fourth-order valence-corrected chi connectivity index (χ4v) is 3.06. The summed E-state index contributed by atoms with van der Waals surface area (Å²) in [5.41, 5.74) is 3.92. The zero-order chi connectivity index (χ0) is 20.2. The van der Waals surface area contributed by atoms with Crippen LogP contribution in [0.25, 0.3) is 22.4 Å². The molecule has 0 fully saturated rings. The highest BCUT2D eigenvalue weighted by Gasteiger charge is 2.12. The van der Waals surface area contributed by atoms with Crippen LogP contribution in [-0.2, 0) is 11.3 Å². The number of nitrogens with one attached hydrogen (secondary N) is 1. The van der Waals surface area contributed by atoms with Crippen LogP contribution in [0.3, 0.4) is 0 Å². The second-order valence-corrected chi connectivity index (χ2v) is 6.45. The Morgan fingerprint density at radius 2 is 1.79 bits per heavy atom. The summed E-state index contributed by atoms with van der Waals surface area (Å²) >= 11 is 0. The van der Waals surface area contributed by atoms with Crippen LogP contribution in [0.2, 0.25) is 0 Å². The predicted molar refractivity (Wildman–Crippen MR) is 110 cm³/mol. The third-order valence-electron chi connectivity index (χ3n) is 4.58. The number of H-pyrrole nitrogens is 1. The molecule has 146 valence electrons. The molecular formula is C23H20N2O4. The third-order valence-corrected chi connectivity index (χ3v) is 4.58. The maximum absolute atomic E-state index is 11.7. The average Bonchev–Trinajstić information content (AvgIpc) is 3.21. The van der Waals surface area contributed by atoms with Gasteiger partial charge in [-0.1, -0.05) is 30.3 Å². The summed E-state index contributed by atoms with van der Waals surface area (Å²) in [7, 11) is 2.97. The molecule has 0 amide bonds. The molecule has 4 rings (SSSR count). The number of aromatic amines is 1. The topological polar surface area (TPSA) is 73.4 Å². The number of carbonyl (C=O) groups is 1. The number of imidazole rings is 1. The lowest BCUT2D eigenvalue weighted by molar-refractivity contribution is 0.0601. The van der Waals surface area contributed by atoms with Crippen LogP contribution in [0, 0.1) is 0 Å². The zero-order valence-electron chi connectivity index (χ0n) is 16.1. The van der Waals surface area contributed by atoms with Crippen molar-refractivity contribution in [2.75, 3.05) is 14.2 Å². The van der Waals surface area contributed by atoms with E-state index in [0.29, 0.717) is 29.5 Å². The van der Waals surface area contributed by atoms with Crippen LogP contribution in [0.4, 0.5) is 0 Å². The first kappa shape index (κ1) is 18.6. The van der Waals surface area contributed by atoms with Gasteiger partial charge in [0.15, 0.2) is 11.5 Å². The molecule has 0 unspecified atom stereocenters. The predicted octanol–water partition coefficient (Wildman–Crippen LogP) is 4.60. The van der Waals surface area contributed by atoms with Gasteiger partial charge in [0, 0.05) is 5.56 Å². The smallest absolute Gasteiger partial charge is 0.337 e. The summed E-state index contributed by atoms with van der Waals surface area (Å²) in [4.78, 5) is 19.6. The van der Waals surface area contributed by atoms with E-state index >= 15 is 0 Å². The van der Waals surface area contributed by atoms with Crippen LogP contribution in [-0.4, -0.2) is 30.2 Å². The van der Waals surface area contributed by atoms with Gasteiger partial charge in [0.2, 0.25) is 0 Å². The van der Waals surface area contributed by atoms with Gasteiger partial charge in [-0.15, -0.1) is 0 Å². The quantitative estimate of drug-likeness (QED) is 0.489. The van der Waals surface area contributed by atoms with Crippen molar-refractivity contribution < 1.29 is 19.0 Å². The van der Waals surface area contributed by atoms with Crippen LogP contribution in [0.1, 0.15) is 15.9 Å². The summed E-state index contributed by atoms with van der Waals surface area (Å²) in [6.07, 6.45) is 0. The Hall–Kier alpha value is -3.80. The Bertz CT molecular complexity index is 1150. The molecule has 0 bridgehead atoms. The second-order valence-electron chi connectivity index (χ2n) is 6.45. The Balaban J connectivity index is 1.60. The number of hydrogen-bond acceptors (Lipinski definition) is 5. The Kier molecular flexibility index (Phi) is 5.16. The van der Waals surface area contributed by atoms with Crippen molar-refractivity contribution in [3.8, 4) is 22.9 Å². The number of carbonyl (C=O) groups excluding carboxylic acids is 1. The number of benzene rings is 3. The molecule has 0 aliphatic carbocycles. The lowest BCUT2D eigenvalue weighted by atomic mass is 10.2. The molecule has 6 nitrogen and oxygen atoms in total. The number of esters is 1. The molecule has 0 atom stereocenters. The van der Waals surface area contributed by atoms with Crippen molar-refractivity contribution in [3.63, 3.8) is 0 Å². The van der Waals surface area contributed by atoms with E-state index in [1.54, 1.807) is 25.3 Å². The van der Waals surface area contributed by atoms with Crippen LogP contribution in [0.5, 0.6) is 11.5 Å². The molecule has 29 heavy (non-hydrogen) atoms. The Morgan fingerprint density at radius 3 is 2.55 bits per heavy atom. The van der Waals surface area contributed by atoms with E-state index in [0.717, 1.165) is 22.2 Å². The number of methoxy groups -OCH3 is 2. The van der Waals surface area contributed by atoms with E-state index in [-0.39, 0.29) is 5.97 Å². The maximum Gasteiger partial charge on any atom is 0.337 e. The molecule has 6 heteroatoms. The summed E-state index contributed by atoms with van der Waals surface area (Å²) in [6.45, 7) is 0.456. The average molecular weight is 388 g/mol. The Labute approximate surface area is 168 Å². The fourth-order valence-electron chi connectivity index (χ4n) is 3.06. The van der Waals surface area contributed by atoms with Gasteiger partial charge in [-0.25, -0.2) is 9.78 Å². The molecule has 0 spiro atoms. The van der Waals surface area contributed by atoms with E-state index in [4.69, 9.17) is 14.2 Å². The normalized spacial score (nSPS) is 10.7. The lowest BCUT2D eigenvalue weighted by Crippen LogP contribution is -2.00. The van der Waals surface area contributed by atoms with E-state index in [1.165, 1.54) is 7.11 Å². The molecule has 4 aromatic rings. The lowest BCUT2D eigenvalue weighted by Gasteiger charge is -2.11. The third kappa shape index (κ3) is 3.91. The highest BCUT2D eigenvalue weighted by Crippen LogP contribution is 2.33. The van der Waals surface area contributed by atoms with Crippen LogP contribution >= 0.6 is 0 Å². The van der Waals surface area contributed by atoms with Crippen molar-refractivity contribution in [1.82, 2.24) is 9.97 Å². The van der Waals surface area contributed by atoms with Crippen molar-refractivity contribution in [2.24, 2.45) is 0 Å². The van der Waals surface area contributed by atoms with Gasteiger partial charge >= 0.3 is 5.97 Å². The van der Waals surface area contributed by atoms with Gasteiger partial charge in [0.05, 0.1) is 30.8 Å². The maximum atomic E-state index is 11.7. The summed E-state index contributed by atoms with van der Waals surface area (Å²) < 4.78 is 16.2. The van der Waals surface area contributed by atoms with E-state index < -0.39 is 0 Å². The van der Waals surface area contributed by atoms with Gasteiger partial charge in [-0.2, -0.15) is 0 Å². The first-order valence-corrected chi connectivity index (χ1v) is 9.11. The first-order valence-electron chi connectivity index (χ1n) is 9.11.